The molecular weight excluding hydrogens is 325 g/mol. The van der Waals surface area contributed by atoms with Gasteiger partial charge in [0.2, 0.25) is 0 Å². The lowest BCUT2D eigenvalue weighted by Crippen LogP contribution is -2.10. The molecule has 136 valence electrons. The van der Waals surface area contributed by atoms with E-state index in [1.165, 1.54) is 12.1 Å². The number of aryl methyl sites for hydroxylation is 2. The molecule has 2 rings (SSSR count). The van der Waals surface area contributed by atoms with Gasteiger partial charge in [-0.3, -0.25) is 0 Å². The van der Waals surface area contributed by atoms with Gasteiger partial charge < -0.3 is 4.74 Å². The van der Waals surface area contributed by atoms with Crippen molar-refractivity contribution >= 4 is 0 Å². The van der Waals surface area contributed by atoms with E-state index in [2.05, 4.69) is 32.9 Å². The summed E-state index contributed by atoms with van der Waals surface area (Å²) in [7, 11) is 0. The Morgan fingerprint density at radius 2 is 1.85 bits per heavy atom. The minimum Gasteiger partial charge on any atom is -0.481 e. The lowest BCUT2D eigenvalue weighted by atomic mass is 9.94. The summed E-state index contributed by atoms with van der Waals surface area (Å²) >= 11 is 0. The van der Waals surface area contributed by atoms with Gasteiger partial charge in [-0.1, -0.05) is 45.9 Å². The van der Waals surface area contributed by atoms with Gasteiger partial charge in [-0.15, -0.1) is 0 Å². The van der Waals surface area contributed by atoms with Crippen molar-refractivity contribution in [3.8, 4) is 11.8 Å². The van der Waals surface area contributed by atoms with E-state index in [9.17, 15) is 9.65 Å². The van der Waals surface area contributed by atoms with Gasteiger partial charge in [-0.05, 0) is 65.8 Å². The van der Waals surface area contributed by atoms with Crippen LogP contribution in [0.3, 0.4) is 0 Å². The molecule has 0 amide bonds. The molecule has 2 nitrogen and oxygen atoms in total. The first-order valence-corrected chi connectivity index (χ1v) is 8.88. The Bertz CT molecular complexity index is 823. The topological polar surface area (TPSA) is 33.0 Å². The van der Waals surface area contributed by atoms with Crippen molar-refractivity contribution in [1.29, 1.82) is 5.26 Å². The SMILES string of the molecule is CCc1cc(C#N)cc(C)c1OC(/C=C\C(C)(C)C)c1ccc(F)cc1. The number of halogens is 1. The average molecular weight is 351 g/mol. The van der Waals surface area contributed by atoms with Crippen molar-refractivity contribution < 1.29 is 9.13 Å². The molecule has 0 heterocycles. The van der Waals surface area contributed by atoms with Gasteiger partial charge in [0.15, 0.2) is 0 Å². The zero-order valence-corrected chi connectivity index (χ0v) is 16.1. The van der Waals surface area contributed by atoms with E-state index in [0.29, 0.717) is 5.56 Å². The summed E-state index contributed by atoms with van der Waals surface area (Å²) in [4.78, 5) is 0. The lowest BCUT2D eigenvalue weighted by Gasteiger charge is -2.22. The number of benzene rings is 2. The number of allylic oxidation sites excluding steroid dienone is 1. The average Bonchev–Trinajstić information content (AvgIpc) is 2.59. The third-order valence-corrected chi connectivity index (χ3v) is 4.08. The summed E-state index contributed by atoms with van der Waals surface area (Å²) in [5.74, 6) is 0.524. The Hall–Kier alpha value is -2.60. The Labute approximate surface area is 155 Å². The molecular formula is C23H26FNO. The van der Waals surface area contributed by atoms with Gasteiger partial charge in [0, 0.05) is 0 Å². The number of hydrogen-bond acceptors (Lipinski definition) is 2. The minimum absolute atomic E-state index is 0.00887. The molecule has 0 aliphatic rings. The molecule has 1 unspecified atom stereocenters. The second kappa shape index (κ2) is 8.19. The fourth-order valence-electron chi connectivity index (χ4n) is 2.72. The monoisotopic (exact) mass is 351 g/mol. The van der Waals surface area contributed by atoms with Crippen molar-refractivity contribution in [3.63, 3.8) is 0 Å². The standard InChI is InChI=1S/C23H26FNO/c1-6-18-14-17(15-25)13-16(2)22(18)26-21(11-12-23(3,4)5)19-7-9-20(24)10-8-19/h7-14,21H,6H2,1-5H3/b12-11-. The number of ether oxygens (including phenoxy) is 1. The maximum atomic E-state index is 13.3. The maximum Gasteiger partial charge on any atom is 0.142 e. The number of hydrogen-bond donors (Lipinski definition) is 0. The third kappa shape index (κ3) is 5.20. The van der Waals surface area contributed by atoms with Crippen LogP contribution in [0.2, 0.25) is 0 Å². The van der Waals surface area contributed by atoms with Gasteiger partial charge in [-0.25, -0.2) is 4.39 Å². The van der Waals surface area contributed by atoms with E-state index in [1.54, 1.807) is 12.1 Å². The predicted octanol–water partition coefficient (Wildman–Crippen LogP) is 6.29. The zero-order valence-electron chi connectivity index (χ0n) is 16.1. The molecule has 26 heavy (non-hydrogen) atoms. The van der Waals surface area contributed by atoms with E-state index in [1.807, 2.05) is 32.1 Å². The van der Waals surface area contributed by atoms with Crippen LogP contribution in [0.5, 0.6) is 5.75 Å². The van der Waals surface area contributed by atoms with Crippen LogP contribution in [0.25, 0.3) is 0 Å². The quantitative estimate of drug-likeness (QED) is 0.593. The minimum atomic E-state index is -0.327. The molecule has 1 atom stereocenters. The molecule has 0 N–H and O–H groups in total. The van der Waals surface area contributed by atoms with Crippen LogP contribution in [0, 0.1) is 29.5 Å². The van der Waals surface area contributed by atoms with Gasteiger partial charge >= 0.3 is 0 Å². The van der Waals surface area contributed by atoms with Crippen LogP contribution in [-0.2, 0) is 6.42 Å². The van der Waals surface area contributed by atoms with Crippen LogP contribution in [0.4, 0.5) is 4.39 Å². The number of nitriles is 1. The second-order valence-corrected chi connectivity index (χ2v) is 7.56. The highest BCUT2D eigenvalue weighted by Gasteiger charge is 2.17. The fourth-order valence-corrected chi connectivity index (χ4v) is 2.72. The summed E-state index contributed by atoms with van der Waals surface area (Å²) in [5, 5.41) is 9.20. The lowest BCUT2D eigenvalue weighted by molar-refractivity contribution is 0.249. The zero-order chi connectivity index (χ0) is 19.3. The molecule has 3 heteroatoms. The van der Waals surface area contributed by atoms with Crippen LogP contribution in [0.15, 0.2) is 48.6 Å². The predicted molar refractivity (Wildman–Crippen MR) is 104 cm³/mol. The fraction of sp³-hybridized carbons (Fsp3) is 0.348. The first kappa shape index (κ1) is 19.7. The van der Waals surface area contributed by atoms with Gasteiger partial charge in [0.1, 0.15) is 17.7 Å². The van der Waals surface area contributed by atoms with E-state index in [0.717, 1.165) is 28.9 Å². The van der Waals surface area contributed by atoms with Crippen molar-refractivity contribution in [1.82, 2.24) is 0 Å². The van der Waals surface area contributed by atoms with Crippen molar-refractivity contribution in [3.05, 3.63) is 76.6 Å². The van der Waals surface area contributed by atoms with Crippen LogP contribution in [-0.4, -0.2) is 0 Å². The van der Waals surface area contributed by atoms with Crippen LogP contribution in [0.1, 0.15) is 56.1 Å². The first-order chi connectivity index (χ1) is 12.2. The number of rotatable bonds is 5. The van der Waals surface area contributed by atoms with Crippen molar-refractivity contribution in [2.24, 2.45) is 5.41 Å². The normalized spacial score (nSPS) is 12.8. The van der Waals surface area contributed by atoms with Crippen LogP contribution < -0.4 is 4.74 Å². The summed E-state index contributed by atoms with van der Waals surface area (Å²) in [5.41, 5.74) is 3.46. The molecule has 0 aliphatic carbocycles. The molecule has 0 bridgehead atoms. The molecule has 0 spiro atoms. The smallest absolute Gasteiger partial charge is 0.142 e. The molecule has 2 aromatic carbocycles. The van der Waals surface area contributed by atoms with E-state index >= 15 is 0 Å². The molecule has 0 aromatic heterocycles. The molecule has 0 saturated carbocycles. The van der Waals surface area contributed by atoms with E-state index in [4.69, 9.17) is 4.74 Å². The number of nitrogens with zero attached hydrogens (tertiary/aromatic N) is 1. The van der Waals surface area contributed by atoms with Crippen molar-refractivity contribution in [2.45, 2.75) is 47.1 Å². The highest BCUT2D eigenvalue weighted by Crippen LogP contribution is 2.32. The summed E-state index contributed by atoms with van der Waals surface area (Å²) in [6.07, 6.45) is 4.56. The molecule has 0 radical (unpaired) electrons. The third-order valence-electron chi connectivity index (χ3n) is 4.08. The van der Waals surface area contributed by atoms with Gasteiger partial charge in [-0.2, -0.15) is 5.26 Å². The highest BCUT2D eigenvalue weighted by atomic mass is 19.1. The summed E-state index contributed by atoms with van der Waals surface area (Å²) in [6.45, 7) is 10.4. The Morgan fingerprint density at radius 3 is 2.38 bits per heavy atom. The maximum absolute atomic E-state index is 13.3. The van der Waals surface area contributed by atoms with Gasteiger partial charge in [0.05, 0.1) is 11.6 Å². The van der Waals surface area contributed by atoms with Crippen molar-refractivity contribution in [2.75, 3.05) is 0 Å². The highest BCUT2D eigenvalue weighted by molar-refractivity contribution is 5.48. The summed E-state index contributed by atoms with van der Waals surface area (Å²) in [6, 6.07) is 12.3. The molecule has 0 saturated heterocycles. The van der Waals surface area contributed by atoms with Gasteiger partial charge in [0.25, 0.3) is 0 Å². The molecule has 0 aliphatic heterocycles. The van der Waals surface area contributed by atoms with Crippen LogP contribution >= 0.6 is 0 Å². The second-order valence-electron chi connectivity index (χ2n) is 7.56. The van der Waals surface area contributed by atoms with E-state index < -0.39 is 0 Å². The Balaban J connectivity index is 2.46. The molecule has 0 fully saturated rings. The largest absolute Gasteiger partial charge is 0.481 e. The van der Waals surface area contributed by atoms with E-state index in [-0.39, 0.29) is 17.3 Å². The summed E-state index contributed by atoms with van der Waals surface area (Å²) < 4.78 is 19.7. The first-order valence-electron chi connectivity index (χ1n) is 8.88. The Kier molecular flexibility index (Phi) is 6.21. The molecule has 2 aromatic rings. The Morgan fingerprint density at radius 1 is 1.19 bits per heavy atom.